The van der Waals surface area contributed by atoms with Crippen molar-refractivity contribution in [3.63, 3.8) is 0 Å². The Bertz CT molecular complexity index is 725. The van der Waals surface area contributed by atoms with Gasteiger partial charge < -0.3 is 9.80 Å². The number of aryl methyl sites for hydroxylation is 1. The number of amides is 2. The van der Waals surface area contributed by atoms with Gasteiger partial charge >= 0.3 is 6.03 Å². The summed E-state index contributed by atoms with van der Waals surface area (Å²) in [5.74, 6) is 0.213. The highest BCUT2D eigenvalue weighted by atomic mass is 32.2. The number of urea groups is 1. The van der Waals surface area contributed by atoms with E-state index in [-0.39, 0.29) is 17.8 Å². The Balaban J connectivity index is 1.55. The summed E-state index contributed by atoms with van der Waals surface area (Å²) in [4.78, 5) is 16.6. The average Bonchev–Trinajstić information content (AvgIpc) is 2.98. The summed E-state index contributed by atoms with van der Waals surface area (Å²) in [5.41, 5.74) is 2.36. The number of sulfonamides is 1. The number of carbonyl (C=O) groups excluding carboxylic acids is 1. The first kappa shape index (κ1) is 19.2. The zero-order valence-corrected chi connectivity index (χ0v) is 16.5. The Morgan fingerprint density at radius 2 is 1.69 bits per heavy atom. The largest absolute Gasteiger partial charge is 0.320 e. The summed E-state index contributed by atoms with van der Waals surface area (Å²) in [6.45, 7) is 7.09. The van der Waals surface area contributed by atoms with Gasteiger partial charge in [-0.15, -0.1) is 0 Å². The quantitative estimate of drug-likeness (QED) is 0.763. The van der Waals surface area contributed by atoms with Gasteiger partial charge in [0.2, 0.25) is 10.0 Å². The smallest absolute Gasteiger partial charge is 0.320 e. The summed E-state index contributed by atoms with van der Waals surface area (Å²) >= 11 is 0. The molecule has 7 heteroatoms. The molecule has 2 heterocycles. The SMILES string of the molecule is CCCS(=O)(=O)N1CCC(N2CCN(Cc3ccc(C)cc3)C2=O)CC1. The van der Waals surface area contributed by atoms with Crippen LogP contribution in [0.5, 0.6) is 0 Å². The zero-order valence-electron chi connectivity index (χ0n) is 15.7. The first-order valence-corrected chi connectivity index (χ1v) is 11.1. The predicted molar refractivity (Wildman–Crippen MR) is 102 cm³/mol. The molecule has 26 heavy (non-hydrogen) atoms. The zero-order chi connectivity index (χ0) is 18.7. The van der Waals surface area contributed by atoms with Crippen LogP contribution in [0.3, 0.4) is 0 Å². The fourth-order valence-electron chi connectivity index (χ4n) is 3.82. The van der Waals surface area contributed by atoms with Crippen LogP contribution in [0.25, 0.3) is 0 Å². The maximum atomic E-state index is 12.8. The van der Waals surface area contributed by atoms with E-state index in [9.17, 15) is 13.2 Å². The number of piperidine rings is 1. The van der Waals surface area contributed by atoms with Crippen LogP contribution >= 0.6 is 0 Å². The fraction of sp³-hybridized carbons (Fsp3) is 0.632. The summed E-state index contributed by atoms with van der Waals surface area (Å²) in [6, 6.07) is 8.52. The van der Waals surface area contributed by atoms with Gasteiger partial charge in [0.25, 0.3) is 0 Å². The van der Waals surface area contributed by atoms with Crippen molar-refractivity contribution in [1.82, 2.24) is 14.1 Å². The molecule has 2 fully saturated rings. The number of rotatable bonds is 6. The summed E-state index contributed by atoms with van der Waals surface area (Å²) < 4.78 is 26.0. The van der Waals surface area contributed by atoms with Crippen molar-refractivity contribution in [2.24, 2.45) is 0 Å². The highest BCUT2D eigenvalue weighted by Crippen LogP contribution is 2.24. The minimum atomic E-state index is -3.13. The van der Waals surface area contributed by atoms with Crippen LogP contribution in [-0.2, 0) is 16.6 Å². The van der Waals surface area contributed by atoms with Crippen molar-refractivity contribution < 1.29 is 13.2 Å². The third-order valence-electron chi connectivity index (χ3n) is 5.34. The molecule has 2 amide bonds. The van der Waals surface area contributed by atoms with E-state index >= 15 is 0 Å². The lowest BCUT2D eigenvalue weighted by Crippen LogP contribution is -2.48. The van der Waals surface area contributed by atoms with Crippen molar-refractivity contribution in [1.29, 1.82) is 0 Å². The van der Waals surface area contributed by atoms with Crippen LogP contribution in [0.1, 0.15) is 37.3 Å². The van der Waals surface area contributed by atoms with Gasteiger partial charge in [0.1, 0.15) is 0 Å². The first-order chi connectivity index (χ1) is 12.4. The number of benzene rings is 1. The van der Waals surface area contributed by atoms with Gasteiger partial charge in [-0.25, -0.2) is 17.5 Å². The van der Waals surface area contributed by atoms with E-state index in [2.05, 4.69) is 31.2 Å². The molecule has 1 aromatic carbocycles. The average molecular weight is 380 g/mol. The topological polar surface area (TPSA) is 60.9 Å². The third-order valence-corrected chi connectivity index (χ3v) is 7.42. The molecule has 0 atom stereocenters. The lowest BCUT2D eigenvalue weighted by molar-refractivity contribution is 0.153. The van der Waals surface area contributed by atoms with E-state index in [1.54, 1.807) is 4.31 Å². The third kappa shape index (κ3) is 4.20. The minimum absolute atomic E-state index is 0.0837. The van der Waals surface area contributed by atoms with Crippen LogP contribution in [0.2, 0.25) is 0 Å². The van der Waals surface area contributed by atoms with Crippen molar-refractivity contribution in [3.8, 4) is 0 Å². The molecule has 0 saturated carbocycles. The molecule has 0 aliphatic carbocycles. The van der Waals surface area contributed by atoms with Crippen LogP contribution in [-0.4, -0.2) is 66.5 Å². The van der Waals surface area contributed by atoms with Gasteiger partial charge in [-0.3, -0.25) is 0 Å². The standard InChI is InChI=1S/C19H29N3O3S/c1-3-14-26(24,25)21-10-8-18(9-11-21)22-13-12-20(19(22)23)15-17-6-4-16(2)5-7-17/h4-7,18H,3,8-15H2,1-2H3. The molecule has 6 nitrogen and oxygen atoms in total. The summed E-state index contributed by atoms with van der Waals surface area (Å²) in [6.07, 6.45) is 2.10. The first-order valence-electron chi connectivity index (χ1n) is 9.49. The maximum absolute atomic E-state index is 12.8. The summed E-state index contributed by atoms with van der Waals surface area (Å²) in [7, 11) is -3.13. The lowest BCUT2D eigenvalue weighted by atomic mass is 10.1. The molecule has 0 N–H and O–H groups in total. The Kier molecular flexibility index (Phi) is 5.87. The number of hydrogen-bond donors (Lipinski definition) is 0. The van der Waals surface area contributed by atoms with Crippen molar-refractivity contribution in [2.45, 2.75) is 45.7 Å². The Labute approximate surface area is 156 Å². The van der Waals surface area contributed by atoms with E-state index in [1.807, 2.05) is 16.7 Å². The molecular formula is C19H29N3O3S. The van der Waals surface area contributed by atoms with E-state index in [0.717, 1.165) is 31.5 Å². The van der Waals surface area contributed by atoms with Gasteiger partial charge in [0.05, 0.1) is 5.75 Å². The van der Waals surface area contributed by atoms with Gasteiger partial charge in [-0.05, 0) is 31.7 Å². The highest BCUT2D eigenvalue weighted by molar-refractivity contribution is 7.89. The molecule has 0 radical (unpaired) electrons. The van der Waals surface area contributed by atoms with Crippen molar-refractivity contribution in [3.05, 3.63) is 35.4 Å². The van der Waals surface area contributed by atoms with Gasteiger partial charge in [-0.2, -0.15) is 0 Å². The Morgan fingerprint density at radius 3 is 2.31 bits per heavy atom. The van der Waals surface area contributed by atoms with Crippen LogP contribution in [0, 0.1) is 6.92 Å². The van der Waals surface area contributed by atoms with Crippen molar-refractivity contribution >= 4 is 16.1 Å². The summed E-state index contributed by atoms with van der Waals surface area (Å²) in [5, 5.41) is 0. The normalized spacial score (nSPS) is 20.2. The Morgan fingerprint density at radius 1 is 1.04 bits per heavy atom. The predicted octanol–water partition coefficient (Wildman–Crippen LogP) is 2.44. The number of carbonyl (C=O) groups is 1. The molecule has 2 saturated heterocycles. The second-order valence-corrected chi connectivity index (χ2v) is 9.42. The molecule has 0 unspecified atom stereocenters. The molecule has 144 valence electrons. The molecule has 0 spiro atoms. The number of hydrogen-bond acceptors (Lipinski definition) is 3. The molecule has 2 aliphatic rings. The van der Waals surface area contributed by atoms with Crippen molar-refractivity contribution in [2.75, 3.05) is 31.9 Å². The molecule has 0 bridgehead atoms. The highest BCUT2D eigenvalue weighted by Gasteiger charge is 2.37. The molecule has 2 aliphatic heterocycles. The minimum Gasteiger partial charge on any atom is -0.320 e. The van der Waals surface area contributed by atoms with Gasteiger partial charge in [0.15, 0.2) is 0 Å². The van der Waals surface area contributed by atoms with E-state index in [4.69, 9.17) is 0 Å². The van der Waals surface area contributed by atoms with Crippen LogP contribution < -0.4 is 0 Å². The Hall–Kier alpha value is -1.60. The van der Waals surface area contributed by atoms with E-state index < -0.39 is 10.0 Å². The monoisotopic (exact) mass is 379 g/mol. The van der Waals surface area contributed by atoms with Gasteiger partial charge in [-0.1, -0.05) is 36.8 Å². The van der Waals surface area contributed by atoms with Crippen LogP contribution in [0.4, 0.5) is 4.79 Å². The molecule has 3 rings (SSSR count). The molecular weight excluding hydrogens is 350 g/mol. The second-order valence-electron chi connectivity index (χ2n) is 7.33. The number of nitrogens with zero attached hydrogens (tertiary/aromatic N) is 3. The van der Waals surface area contributed by atoms with E-state index in [1.165, 1.54) is 5.56 Å². The maximum Gasteiger partial charge on any atom is 0.320 e. The van der Waals surface area contributed by atoms with Crippen LogP contribution in [0.15, 0.2) is 24.3 Å². The molecule has 0 aromatic heterocycles. The molecule has 1 aromatic rings. The fourth-order valence-corrected chi connectivity index (χ4v) is 5.36. The second kappa shape index (κ2) is 7.96. The van der Waals surface area contributed by atoms with Gasteiger partial charge in [0, 0.05) is 38.8 Å². The van der Waals surface area contributed by atoms with E-state index in [0.29, 0.717) is 26.1 Å². The lowest BCUT2D eigenvalue weighted by Gasteiger charge is -2.35.